The highest BCUT2D eigenvalue weighted by atomic mass is 16.5. The number of ether oxygens (including phenoxy) is 1. The van der Waals surface area contributed by atoms with Crippen molar-refractivity contribution in [1.29, 1.82) is 0 Å². The second-order valence-electron chi connectivity index (χ2n) is 5.97. The Labute approximate surface area is 121 Å². The Balaban J connectivity index is 2.65. The van der Waals surface area contributed by atoms with E-state index in [0.717, 1.165) is 18.5 Å². The van der Waals surface area contributed by atoms with Crippen LogP contribution in [0.1, 0.15) is 46.2 Å². The SMILES string of the molecule is CCCOc1cc(C)nc(NCC(C)(O)CC(C)C)n1. The largest absolute Gasteiger partial charge is 0.478 e. The molecule has 1 aromatic heterocycles. The Morgan fingerprint density at radius 2 is 2.10 bits per heavy atom. The molecule has 2 N–H and O–H groups in total. The van der Waals surface area contributed by atoms with Gasteiger partial charge in [0.15, 0.2) is 0 Å². The van der Waals surface area contributed by atoms with Gasteiger partial charge in [-0.3, -0.25) is 0 Å². The summed E-state index contributed by atoms with van der Waals surface area (Å²) in [4.78, 5) is 8.61. The van der Waals surface area contributed by atoms with Crippen LogP contribution in [0, 0.1) is 12.8 Å². The van der Waals surface area contributed by atoms with Crippen LogP contribution in [0.5, 0.6) is 5.88 Å². The Morgan fingerprint density at radius 1 is 1.40 bits per heavy atom. The van der Waals surface area contributed by atoms with E-state index in [9.17, 15) is 5.11 Å². The third-order valence-corrected chi connectivity index (χ3v) is 2.76. The summed E-state index contributed by atoms with van der Waals surface area (Å²) in [6.45, 7) is 11.0. The Kier molecular flexibility index (Phi) is 6.20. The van der Waals surface area contributed by atoms with Gasteiger partial charge in [0.2, 0.25) is 11.8 Å². The molecule has 0 saturated heterocycles. The van der Waals surface area contributed by atoms with Gasteiger partial charge in [0.25, 0.3) is 0 Å². The van der Waals surface area contributed by atoms with E-state index >= 15 is 0 Å². The van der Waals surface area contributed by atoms with Crippen LogP contribution in [-0.4, -0.2) is 33.8 Å². The summed E-state index contributed by atoms with van der Waals surface area (Å²) in [5.41, 5.74) is 0.0724. The predicted octanol–water partition coefficient (Wildman–Crippen LogP) is 2.78. The molecule has 1 unspecified atom stereocenters. The van der Waals surface area contributed by atoms with Crippen LogP contribution in [0.25, 0.3) is 0 Å². The second kappa shape index (κ2) is 7.43. The first-order valence-electron chi connectivity index (χ1n) is 7.27. The molecule has 0 amide bonds. The first-order chi connectivity index (χ1) is 9.32. The average Bonchev–Trinajstić information content (AvgIpc) is 2.32. The molecule has 0 radical (unpaired) electrons. The molecule has 5 heteroatoms. The number of aromatic nitrogens is 2. The fourth-order valence-corrected chi connectivity index (χ4v) is 2.12. The Morgan fingerprint density at radius 3 is 2.70 bits per heavy atom. The van der Waals surface area contributed by atoms with Crippen LogP contribution >= 0.6 is 0 Å². The minimum Gasteiger partial charge on any atom is -0.478 e. The van der Waals surface area contributed by atoms with Gasteiger partial charge in [0, 0.05) is 18.3 Å². The standard InChI is InChI=1S/C15H27N3O2/c1-6-7-20-13-8-12(4)17-14(18-13)16-10-15(5,19)9-11(2)3/h8,11,19H,6-7,9-10H2,1-5H3,(H,16,17,18). The lowest BCUT2D eigenvalue weighted by Gasteiger charge is -2.25. The zero-order valence-electron chi connectivity index (χ0n) is 13.2. The molecule has 5 nitrogen and oxygen atoms in total. The third-order valence-electron chi connectivity index (χ3n) is 2.76. The molecule has 0 aromatic carbocycles. The van der Waals surface area contributed by atoms with E-state index in [0.29, 0.717) is 30.9 Å². The van der Waals surface area contributed by atoms with Crippen molar-refractivity contribution in [3.8, 4) is 5.88 Å². The molecule has 1 aromatic rings. The fourth-order valence-electron chi connectivity index (χ4n) is 2.12. The molecule has 0 fully saturated rings. The van der Waals surface area contributed by atoms with Crippen molar-refractivity contribution in [2.75, 3.05) is 18.5 Å². The summed E-state index contributed by atoms with van der Waals surface area (Å²) in [5, 5.41) is 13.4. The van der Waals surface area contributed by atoms with Gasteiger partial charge in [-0.2, -0.15) is 4.98 Å². The van der Waals surface area contributed by atoms with Gasteiger partial charge >= 0.3 is 0 Å². The van der Waals surface area contributed by atoms with E-state index in [2.05, 4.69) is 36.1 Å². The minimum atomic E-state index is -0.772. The van der Waals surface area contributed by atoms with Gasteiger partial charge < -0.3 is 15.2 Å². The molecule has 0 saturated carbocycles. The number of rotatable bonds is 8. The van der Waals surface area contributed by atoms with Crippen molar-refractivity contribution >= 4 is 5.95 Å². The summed E-state index contributed by atoms with van der Waals surface area (Å²) < 4.78 is 5.52. The zero-order valence-corrected chi connectivity index (χ0v) is 13.2. The van der Waals surface area contributed by atoms with Gasteiger partial charge in [-0.1, -0.05) is 20.8 Å². The second-order valence-corrected chi connectivity index (χ2v) is 5.97. The summed E-state index contributed by atoms with van der Waals surface area (Å²) in [7, 11) is 0. The molecule has 1 heterocycles. The number of hydrogen-bond acceptors (Lipinski definition) is 5. The number of aryl methyl sites for hydroxylation is 1. The van der Waals surface area contributed by atoms with Gasteiger partial charge in [0.1, 0.15) is 0 Å². The lowest BCUT2D eigenvalue weighted by atomic mass is 9.94. The molecule has 0 aliphatic rings. The van der Waals surface area contributed by atoms with Crippen LogP contribution in [0.2, 0.25) is 0 Å². The molecule has 0 bridgehead atoms. The normalized spacial score (nSPS) is 14.2. The topological polar surface area (TPSA) is 67.3 Å². The monoisotopic (exact) mass is 281 g/mol. The molecule has 20 heavy (non-hydrogen) atoms. The first-order valence-corrected chi connectivity index (χ1v) is 7.27. The van der Waals surface area contributed by atoms with Crippen molar-refractivity contribution in [2.45, 2.75) is 53.1 Å². The van der Waals surface area contributed by atoms with E-state index in [1.807, 2.05) is 19.9 Å². The maximum absolute atomic E-state index is 10.3. The highest BCUT2D eigenvalue weighted by Crippen LogP contribution is 2.18. The van der Waals surface area contributed by atoms with Crippen LogP contribution in [0.3, 0.4) is 0 Å². The first kappa shape index (κ1) is 16.7. The van der Waals surface area contributed by atoms with E-state index in [4.69, 9.17) is 4.74 Å². The highest BCUT2D eigenvalue weighted by molar-refractivity contribution is 5.31. The van der Waals surface area contributed by atoms with Crippen molar-refractivity contribution in [3.63, 3.8) is 0 Å². The maximum Gasteiger partial charge on any atom is 0.226 e. The van der Waals surface area contributed by atoms with Crippen LogP contribution < -0.4 is 10.1 Å². The minimum absolute atomic E-state index is 0.419. The van der Waals surface area contributed by atoms with E-state index in [1.165, 1.54) is 0 Å². The van der Waals surface area contributed by atoms with Crippen LogP contribution in [-0.2, 0) is 0 Å². The lowest BCUT2D eigenvalue weighted by Crippen LogP contribution is -2.35. The molecule has 0 aliphatic carbocycles. The molecule has 1 atom stereocenters. The Hall–Kier alpha value is -1.36. The Bertz CT molecular complexity index is 420. The van der Waals surface area contributed by atoms with Crippen LogP contribution in [0.15, 0.2) is 6.07 Å². The van der Waals surface area contributed by atoms with Crippen molar-refractivity contribution in [3.05, 3.63) is 11.8 Å². The number of anilines is 1. The zero-order chi connectivity index (χ0) is 15.2. The van der Waals surface area contributed by atoms with Crippen LogP contribution in [0.4, 0.5) is 5.95 Å². The quantitative estimate of drug-likeness (QED) is 0.767. The summed E-state index contributed by atoms with van der Waals surface area (Å²) in [5.74, 6) is 1.51. The van der Waals surface area contributed by atoms with Gasteiger partial charge in [-0.25, -0.2) is 4.98 Å². The molecule has 114 valence electrons. The van der Waals surface area contributed by atoms with Crippen molar-refractivity contribution < 1.29 is 9.84 Å². The van der Waals surface area contributed by atoms with E-state index < -0.39 is 5.60 Å². The highest BCUT2D eigenvalue weighted by Gasteiger charge is 2.22. The third kappa shape index (κ3) is 6.19. The number of nitrogens with one attached hydrogen (secondary N) is 1. The molecule has 1 rings (SSSR count). The van der Waals surface area contributed by atoms with Gasteiger partial charge in [-0.05, 0) is 32.6 Å². The summed E-state index contributed by atoms with van der Waals surface area (Å²) in [6.07, 6.45) is 1.67. The van der Waals surface area contributed by atoms with Crippen molar-refractivity contribution in [1.82, 2.24) is 9.97 Å². The average molecular weight is 281 g/mol. The van der Waals surface area contributed by atoms with Gasteiger partial charge in [0.05, 0.1) is 12.2 Å². The van der Waals surface area contributed by atoms with Crippen molar-refractivity contribution in [2.24, 2.45) is 5.92 Å². The summed E-state index contributed by atoms with van der Waals surface area (Å²) in [6, 6.07) is 1.81. The maximum atomic E-state index is 10.3. The molecular formula is C15H27N3O2. The van der Waals surface area contributed by atoms with Gasteiger partial charge in [-0.15, -0.1) is 0 Å². The molecular weight excluding hydrogens is 254 g/mol. The molecule has 0 aliphatic heterocycles. The number of aliphatic hydroxyl groups is 1. The van der Waals surface area contributed by atoms with E-state index in [1.54, 1.807) is 0 Å². The number of hydrogen-bond donors (Lipinski definition) is 2. The number of nitrogens with zero attached hydrogens (tertiary/aromatic N) is 2. The summed E-state index contributed by atoms with van der Waals surface area (Å²) >= 11 is 0. The lowest BCUT2D eigenvalue weighted by molar-refractivity contribution is 0.0513. The fraction of sp³-hybridized carbons (Fsp3) is 0.733. The van der Waals surface area contributed by atoms with E-state index in [-0.39, 0.29) is 0 Å². The predicted molar refractivity (Wildman–Crippen MR) is 81.1 cm³/mol. The smallest absolute Gasteiger partial charge is 0.226 e. The molecule has 0 spiro atoms.